The molecule has 0 saturated heterocycles. The van der Waals surface area contributed by atoms with Gasteiger partial charge in [-0.3, -0.25) is 0 Å². The molecule has 1 fully saturated rings. The third-order valence-electron chi connectivity index (χ3n) is 2.84. The van der Waals surface area contributed by atoms with Crippen LogP contribution in [0.15, 0.2) is 12.2 Å². The Bertz CT molecular complexity index is 267. The summed E-state index contributed by atoms with van der Waals surface area (Å²) >= 11 is 0. The Morgan fingerprint density at radius 3 is 2.41 bits per heavy atom. The van der Waals surface area contributed by atoms with Gasteiger partial charge >= 0.3 is 5.97 Å². The quantitative estimate of drug-likeness (QED) is 0.456. The topological polar surface area (TPSA) is 55.8 Å². The van der Waals surface area contributed by atoms with Crippen molar-refractivity contribution in [3.8, 4) is 0 Å². The second-order valence-electron chi connectivity index (χ2n) is 4.69. The first kappa shape index (κ1) is 14.2. The van der Waals surface area contributed by atoms with Crippen LogP contribution in [0, 0.1) is 0 Å². The molecular formula is C13H22O4. The van der Waals surface area contributed by atoms with E-state index in [1.165, 1.54) is 6.42 Å². The maximum absolute atomic E-state index is 11.4. The minimum atomic E-state index is -0.887. The van der Waals surface area contributed by atoms with Gasteiger partial charge in [-0.2, -0.15) is 0 Å². The summed E-state index contributed by atoms with van der Waals surface area (Å²) in [6, 6.07) is 0. The van der Waals surface area contributed by atoms with Gasteiger partial charge in [-0.1, -0.05) is 25.8 Å². The van der Waals surface area contributed by atoms with Crippen LogP contribution >= 0.6 is 0 Å². The monoisotopic (exact) mass is 242 g/mol. The Morgan fingerprint density at radius 2 is 1.94 bits per heavy atom. The highest BCUT2D eigenvalue weighted by molar-refractivity contribution is 5.87. The fourth-order valence-electron chi connectivity index (χ4n) is 1.84. The van der Waals surface area contributed by atoms with Crippen molar-refractivity contribution >= 4 is 5.97 Å². The van der Waals surface area contributed by atoms with E-state index >= 15 is 0 Å². The first-order valence-corrected chi connectivity index (χ1v) is 6.20. The van der Waals surface area contributed by atoms with Crippen LogP contribution in [0.3, 0.4) is 0 Å². The molecule has 2 unspecified atom stereocenters. The second kappa shape index (κ2) is 6.77. The van der Waals surface area contributed by atoms with Crippen molar-refractivity contribution in [3.05, 3.63) is 12.2 Å². The van der Waals surface area contributed by atoms with E-state index in [2.05, 4.69) is 6.58 Å². The van der Waals surface area contributed by atoms with Crippen LogP contribution in [0.5, 0.6) is 0 Å². The molecule has 1 aliphatic rings. The molecule has 0 aromatic heterocycles. The summed E-state index contributed by atoms with van der Waals surface area (Å²) in [5, 5.41) is 9.54. The van der Waals surface area contributed by atoms with Gasteiger partial charge in [0.15, 0.2) is 0 Å². The van der Waals surface area contributed by atoms with Gasteiger partial charge in [0.2, 0.25) is 6.29 Å². The minimum Gasteiger partial charge on any atom is -0.430 e. The Balaban J connectivity index is 2.47. The van der Waals surface area contributed by atoms with Crippen molar-refractivity contribution in [3.63, 3.8) is 0 Å². The van der Waals surface area contributed by atoms with Gasteiger partial charge in [-0.05, 0) is 26.7 Å². The van der Waals surface area contributed by atoms with Crippen molar-refractivity contribution < 1.29 is 19.4 Å². The lowest BCUT2D eigenvalue weighted by atomic mass is 9.98. The van der Waals surface area contributed by atoms with Crippen LogP contribution in [-0.2, 0) is 14.3 Å². The lowest BCUT2D eigenvalue weighted by Crippen LogP contribution is -2.36. The highest BCUT2D eigenvalue weighted by Crippen LogP contribution is 2.22. The van der Waals surface area contributed by atoms with Crippen LogP contribution in [0.25, 0.3) is 0 Å². The van der Waals surface area contributed by atoms with Crippen LogP contribution < -0.4 is 0 Å². The molecule has 98 valence electrons. The molecule has 2 atom stereocenters. The second-order valence-corrected chi connectivity index (χ2v) is 4.69. The number of esters is 1. The molecule has 0 aromatic carbocycles. The van der Waals surface area contributed by atoms with E-state index in [1.54, 1.807) is 13.8 Å². The van der Waals surface area contributed by atoms with Crippen molar-refractivity contribution in [2.24, 2.45) is 0 Å². The number of hydrogen-bond acceptors (Lipinski definition) is 4. The SMILES string of the molecule is C=C(C)C(=O)OC(OC1CCCCC1)C(C)O. The van der Waals surface area contributed by atoms with E-state index < -0.39 is 18.4 Å². The predicted octanol–water partition coefficient (Wildman–Crippen LogP) is 2.16. The number of rotatable bonds is 5. The molecule has 0 heterocycles. The number of aliphatic hydroxyl groups excluding tert-OH is 1. The maximum atomic E-state index is 11.4. The molecule has 17 heavy (non-hydrogen) atoms. The molecule has 4 heteroatoms. The fraction of sp³-hybridized carbons (Fsp3) is 0.769. The molecule has 0 spiro atoms. The molecule has 1 N–H and O–H groups in total. The summed E-state index contributed by atoms with van der Waals surface area (Å²) in [6.07, 6.45) is 3.78. The largest absolute Gasteiger partial charge is 0.430 e. The molecule has 0 aromatic rings. The summed E-state index contributed by atoms with van der Waals surface area (Å²) in [7, 11) is 0. The Labute approximate surface area is 103 Å². The summed E-state index contributed by atoms with van der Waals surface area (Å²) in [6.45, 7) is 6.63. The highest BCUT2D eigenvalue weighted by Gasteiger charge is 2.25. The van der Waals surface area contributed by atoms with Gasteiger partial charge in [0, 0.05) is 5.57 Å². The van der Waals surface area contributed by atoms with E-state index in [0.717, 1.165) is 25.7 Å². The highest BCUT2D eigenvalue weighted by atomic mass is 16.7. The molecule has 1 rings (SSSR count). The summed E-state index contributed by atoms with van der Waals surface area (Å²) in [5.74, 6) is -0.522. The molecule has 0 radical (unpaired) electrons. The third-order valence-corrected chi connectivity index (χ3v) is 2.84. The van der Waals surface area contributed by atoms with Crippen LogP contribution in [0.4, 0.5) is 0 Å². The average molecular weight is 242 g/mol. The molecule has 1 aliphatic carbocycles. The first-order valence-electron chi connectivity index (χ1n) is 6.20. The average Bonchev–Trinajstić information content (AvgIpc) is 2.29. The van der Waals surface area contributed by atoms with Gasteiger partial charge in [-0.25, -0.2) is 4.79 Å². The summed E-state index contributed by atoms with van der Waals surface area (Å²) in [4.78, 5) is 11.4. The molecule has 0 amide bonds. The molecule has 0 aliphatic heterocycles. The molecule has 4 nitrogen and oxygen atoms in total. The van der Waals surface area contributed by atoms with Crippen molar-refractivity contribution in [1.29, 1.82) is 0 Å². The van der Waals surface area contributed by atoms with E-state index in [1.807, 2.05) is 0 Å². The smallest absolute Gasteiger partial charge is 0.335 e. The van der Waals surface area contributed by atoms with E-state index in [4.69, 9.17) is 9.47 Å². The van der Waals surface area contributed by atoms with Gasteiger partial charge in [0.05, 0.1) is 6.10 Å². The molecular weight excluding hydrogens is 220 g/mol. The van der Waals surface area contributed by atoms with Crippen LogP contribution in [0.1, 0.15) is 46.0 Å². The Hall–Kier alpha value is -0.870. The van der Waals surface area contributed by atoms with Crippen molar-refractivity contribution in [1.82, 2.24) is 0 Å². The van der Waals surface area contributed by atoms with Gasteiger partial charge < -0.3 is 14.6 Å². The maximum Gasteiger partial charge on any atom is 0.335 e. The first-order chi connectivity index (χ1) is 8.00. The zero-order chi connectivity index (χ0) is 12.8. The van der Waals surface area contributed by atoms with E-state index in [-0.39, 0.29) is 6.10 Å². The van der Waals surface area contributed by atoms with Gasteiger partial charge in [0.25, 0.3) is 0 Å². The standard InChI is InChI=1S/C13H22O4/c1-9(2)12(15)17-13(10(3)14)16-11-7-5-4-6-8-11/h10-11,13-14H,1,4-8H2,2-3H3. The number of ether oxygens (including phenoxy) is 2. The number of aliphatic hydroxyl groups is 1. The van der Waals surface area contributed by atoms with E-state index in [0.29, 0.717) is 5.57 Å². The van der Waals surface area contributed by atoms with Gasteiger partial charge in [0.1, 0.15) is 6.10 Å². The zero-order valence-electron chi connectivity index (χ0n) is 10.6. The lowest BCUT2D eigenvalue weighted by Gasteiger charge is -2.28. The Morgan fingerprint density at radius 1 is 1.35 bits per heavy atom. The predicted molar refractivity (Wildman–Crippen MR) is 64.3 cm³/mol. The number of carbonyl (C=O) groups is 1. The van der Waals surface area contributed by atoms with Crippen molar-refractivity contribution in [2.75, 3.05) is 0 Å². The minimum absolute atomic E-state index is 0.0845. The fourth-order valence-corrected chi connectivity index (χ4v) is 1.84. The van der Waals surface area contributed by atoms with Crippen LogP contribution in [-0.4, -0.2) is 29.6 Å². The lowest BCUT2D eigenvalue weighted by molar-refractivity contribution is -0.214. The summed E-state index contributed by atoms with van der Waals surface area (Å²) < 4.78 is 10.7. The van der Waals surface area contributed by atoms with Crippen molar-refractivity contribution in [2.45, 2.75) is 64.4 Å². The number of hydrogen-bond donors (Lipinski definition) is 1. The normalized spacial score (nSPS) is 20.6. The third kappa shape index (κ3) is 4.88. The zero-order valence-corrected chi connectivity index (χ0v) is 10.6. The van der Waals surface area contributed by atoms with Gasteiger partial charge in [-0.15, -0.1) is 0 Å². The van der Waals surface area contributed by atoms with Crippen LogP contribution in [0.2, 0.25) is 0 Å². The number of carbonyl (C=O) groups excluding carboxylic acids is 1. The Kier molecular flexibility index (Phi) is 5.65. The molecule has 0 bridgehead atoms. The van der Waals surface area contributed by atoms with E-state index in [9.17, 15) is 9.90 Å². The molecule has 1 saturated carbocycles. The summed E-state index contributed by atoms with van der Waals surface area (Å²) in [5.41, 5.74) is 0.308.